The van der Waals surface area contributed by atoms with Crippen molar-refractivity contribution in [3.8, 4) is 29.7 Å². The molecule has 0 saturated carbocycles. The van der Waals surface area contributed by atoms with Gasteiger partial charge in [0.15, 0.2) is 5.57 Å². The molecule has 0 aliphatic rings. The van der Waals surface area contributed by atoms with Gasteiger partial charge in [0, 0.05) is 17.7 Å². The summed E-state index contributed by atoms with van der Waals surface area (Å²) in [6.07, 6.45) is 2.80. The van der Waals surface area contributed by atoms with Gasteiger partial charge in [-0.15, -0.1) is 10.2 Å². The van der Waals surface area contributed by atoms with Crippen LogP contribution in [0.5, 0.6) is 0 Å². The van der Waals surface area contributed by atoms with Crippen LogP contribution in [0.25, 0.3) is 11.5 Å². The van der Waals surface area contributed by atoms with Gasteiger partial charge in [-0.25, -0.2) is 0 Å². The molecule has 24 heavy (non-hydrogen) atoms. The summed E-state index contributed by atoms with van der Waals surface area (Å²) in [5.74, 6) is 1.04. The fourth-order valence-corrected chi connectivity index (χ4v) is 1.92. The van der Waals surface area contributed by atoms with Gasteiger partial charge in [-0.3, -0.25) is 0 Å². The van der Waals surface area contributed by atoms with Crippen LogP contribution in [-0.2, 0) is 6.42 Å². The Bertz CT molecular complexity index is 842. The molecule has 0 spiro atoms. The molecule has 1 N–H and O–H groups in total. The lowest BCUT2D eigenvalue weighted by Crippen LogP contribution is -2.00. The summed E-state index contributed by atoms with van der Waals surface area (Å²) in [4.78, 5) is 0. The molecule has 0 bridgehead atoms. The van der Waals surface area contributed by atoms with Crippen LogP contribution in [0.3, 0.4) is 0 Å². The van der Waals surface area contributed by atoms with Crippen molar-refractivity contribution in [3.63, 3.8) is 0 Å². The summed E-state index contributed by atoms with van der Waals surface area (Å²) in [6, 6.07) is 12.1. The second-order valence-electron chi connectivity index (χ2n) is 4.89. The zero-order valence-electron chi connectivity index (χ0n) is 13.1. The lowest BCUT2D eigenvalue weighted by Gasteiger charge is -2.04. The first-order valence-corrected chi connectivity index (χ1v) is 7.36. The van der Waals surface area contributed by atoms with Crippen molar-refractivity contribution in [2.45, 2.75) is 26.2 Å². The molecule has 1 aromatic carbocycles. The minimum atomic E-state index is -0.265. The lowest BCUT2D eigenvalue weighted by molar-refractivity contribution is 0.496. The van der Waals surface area contributed by atoms with Crippen LogP contribution in [0, 0.1) is 34.0 Å². The molecule has 0 aliphatic carbocycles. The van der Waals surface area contributed by atoms with Gasteiger partial charge in [-0.2, -0.15) is 15.8 Å². The molecule has 1 heterocycles. The largest absolute Gasteiger partial charge is 0.421 e. The quantitative estimate of drug-likeness (QED) is 0.810. The summed E-state index contributed by atoms with van der Waals surface area (Å²) in [6.45, 7) is 2.09. The summed E-state index contributed by atoms with van der Waals surface area (Å²) >= 11 is 0. The molecule has 0 amide bonds. The number of hydrogen-bond donors (Lipinski definition) is 1. The number of unbranched alkanes of at least 4 members (excludes halogenated alkanes) is 1. The van der Waals surface area contributed by atoms with Crippen molar-refractivity contribution >= 4 is 5.69 Å². The Morgan fingerprint density at radius 2 is 1.79 bits per heavy atom. The zero-order chi connectivity index (χ0) is 17.4. The smallest absolute Gasteiger partial charge is 0.247 e. The molecule has 7 nitrogen and oxygen atoms in total. The van der Waals surface area contributed by atoms with E-state index in [-0.39, 0.29) is 11.3 Å². The fraction of sp³-hybridized carbons (Fsp3) is 0.235. The van der Waals surface area contributed by atoms with Crippen LogP contribution in [0.2, 0.25) is 0 Å². The maximum absolute atomic E-state index is 9.02. The second kappa shape index (κ2) is 8.12. The van der Waals surface area contributed by atoms with E-state index in [1.165, 1.54) is 0 Å². The van der Waals surface area contributed by atoms with Crippen LogP contribution in [-0.4, -0.2) is 10.2 Å². The topological polar surface area (TPSA) is 122 Å². The number of aryl methyl sites for hydroxylation is 1. The van der Waals surface area contributed by atoms with Crippen molar-refractivity contribution in [1.29, 1.82) is 15.8 Å². The molecule has 0 atom stereocenters. The first-order chi connectivity index (χ1) is 11.7. The van der Waals surface area contributed by atoms with E-state index >= 15 is 0 Å². The van der Waals surface area contributed by atoms with E-state index in [1.54, 1.807) is 42.5 Å². The highest BCUT2D eigenvalue weighted by atomic mass is 16.4. The summed E-state index contributed by atoms with van der Waals surface area (Å²) in [5.41, 5.74) is 0.967. The Morgan fingerprint density at radius 1 is 1.08 bits per heavy atom. The average Bonchev–Trinajstić information content (AvgIpc) is 3.09. The predicted molar refractivity (Wildman–Crippen MR) is 85.8 cm³/mol. The molecule has 2 aromatic rings. The number of aromatic nitrogens is 2. The van der Waals surface area contributed by atoms with Gasteiger partial charge in [0.1, 0.15) is 23.9 Å². The molecule has 2 rings (SSSR count). The highest BCUT2D eigenvalue weighted by Gasteiger charge is 2.09. The summed E-state index contributed by atoms with van der Waals surface area (Å²) in [7, 11) is 0. The maximum atomic E-state index is 9.02. The molecule has 0 saturated heterocycles. The second-order valence-corrected chi connectivity index (χ2v) is 4.89. The maximum Gasteiger partial charge on any atom is 0.247 e. The number of nitrogens with one attached hydrogen (secondary N) is 1. The number of hydrogen-bond acceptors (Lipinski definition) is 7. The Hall–Kier alpha value is -3.63. The van der Waals surface area contributed by atoms with Crippen LogP contribution in [0.1, 0.15) is 25.7 Å². The first-order valence-electron chi connectivity index (χ1n) is 7.36. The standard InChI is InChI=1S/C17H14N6O/c1-2-3-4-16-22-23-17(24-16)12-5-7-14(8-6-12)21-15(11-20)13(9-18)10-19/h5-8,21H,2-4H2,1H3. The minimum Gasteiger partial charge on any atom is -0.421 e. The number of rotatable bonds is 6. The van der Waals surface area contributed by atoms with E-state index in [4.69, 9.17) is 20.2 Å². The number of nitriles is 3. The third-order valence-electron chi connectivity index (χ3n) is 3.20. The third kappa shape index (κ3) is 3.97. The van der Waals surface area contributed by atoms with E-state index in [9.17, 15) is 0 Å². The van der Waals surface area contributed by atoms with E-state index in [1.807, 2.05) is 0 Å². The number of anilines is 1. The molecule has 1 aromatic heterocycles. The number of nitrogens with zero attached hydrogens (tertiary/aromatic N) is 5. The average molecular weight is 318 g/mol. The molecule has 0 fully saturated rings. The zero-order valence-corrected chi connectivity index (χ0v) is 13.1. The Balaban J connectivity index is 2.15. The van der Waals surface area contributed by atoms with Crippen molar-refractivity contribution in [1.82, 2.24) is 10.2 Å². The van der Waals surface area contributed by atoms with Gasteiger partial charge < -0.3 is 9.73 Å². The van der Waals surface area contributed by atoms with Crippen molar-refractivity contribution in [2.75, 3.05) is 5.32 Å². The molecule has 7 heteroatoms. The lowest BCUT2D eigenvalue weighted by atomic mass is 10.2. The summed E-state index contributed by atoms with van der Waals surface area (Å²) < 4.78 is 5.60. The molecule has 0 radical (unpaired) electrons. The highest BCUT2D eigenvalue weighted by molar-refractivity contribution is 5.62. The van der Waals surface area contributed by atoms with Gasteiger partial charge in [-0.1, -0.05) is 13.3 Å². The molecule has 0 unspecified atom stereocenters. The van der Waals surface area contributed by atoms with Gasteiger partial charge in [0.2, 0.25) is 11.8 Å². The third-order valence-corrected chi connectivity index (χ3v) is 3.20. The van der Waals surface area contributed by atoms with Crippen LogP contribution in [0.15, 0.2) is 40.0 Å². The number of benzene rings is 1. The Labute approximate surface area is 139 Å². The normalized spacial score (nSPS) is 9.42. The van der Waals surface area contributed by atoms with Crippen LogP contribution < -0.4 is 5.32 Å². The Kier molecular flexibility index (Phi) is 5.66. The molecular formula is C17H14N6O. The van der Waals surface area contributed by atoms with Gasteiger partial charge in [-0.05, 0) is 30.7 Å². The van der Waals surface area contributed by atoms with Gasteiger partial charge in [0.25, 0.3) is 0 Å². The van der Waals surface area contributed by atoms with E-state index < -0.39 is 0 Å². The molecule has 0 aliphatic heterocycles. The first kappa shape index (κ1) is 16.7. The van der Waals surface area contributed by atoms with E-state index in [2.05, 4.69) is 22.4 Å². The minimum absolute atomic E-state index is 0.0904. The highest BCUT2D eigenvalue weighted by Crippen LogP contribution is 2.21. The van der Waals surface area contributed by atoms with E-state index in [0.29, 0.717) is 17.5 Å². The van der Waals surface area contributed by atoms with Gasteiger partial charge in [0.05, 0.1) is 0 Å². The molecule has 118 valence electrons. The number of allylic oxidation sites excluding steroid dienone is 2. The predicted octanol–water partition coefficient (Wildman–Crippen LogP) is 3.32. The Morgan fingerprint density at radius 3 is 2.38 bits per heavy atom. The van der Waals surface area contributed by atoms with Crippen molar-refractivity contribution in [3.05, 3.63) is 41.4 Å². The summed E-state index contributed by atoms with van der Waals surface area (Å²) in [5, 5.41) is 37.4. The monoisotopic (exact) mass is 318 g/mol. The van der Waals surface area contributed by atoms with Crippen LogP contribution >= 0.6 is 0 Å². The van der Waals surface area contributed by atoms with Crippen LogP contribution in [0.4, 0.5) is 5.69 Å². The van der Waals surface area contributed by atoms with Crippen molar-refractivity contribution < 1.29 is 4.42 Å². The SMILES string of the molecule is CCCCc1nnc(-c2ccc(NC(C#N)=C(C#N)C#N)cc2)o1. The molecular weight excluding hydrogens is 304 g/mol. The van der Waals surface area contributed by atoms with E-state index in [0.717, 1.165) is 24.8 Å². The van der Waals surface area contributed by atoms with Crippen molar-refractivity contribution in [2.24, 2.45) is 0 Å². The fourth-order valence-electron chi connectivity index (χ4n) is 1.92. The van der Waals surface area contributed by atoms with Gasteiger partial charge >= 0.3 is 0 Å².